The van der Waals surface area contributed by atoms with Gasteiger partial charge in [-0.05, 0) is 19.4 Å². The molecule has 2 aromatic heterocycles. The summed E-state index contributed by atoms with van der Waals surface area (Å²) in [4.78, 5) is 13.4. The lowest BCUT2D eigenvalue weighted by molar-refractivity contribution is 0.398. The van der Waals surface area contributed by atoms with Gasteiger partial charge in [0.1, 0.15) is 11.5 Å². The third-order valence-electron chi connectivity index (χ3n) is 2.98. The molecule has 1 N–H and O–H groups in total. The van der Waals surface area contributed by atoms with Gasteiger partial charge in [-0.1, -0.05) is 13.0 Å². The van der Waals surface area contributed by atoms with Crippen LogP contribution < -0.4 is 10.1 Å². The zero-order chi connectivity index (χ0) is 13.8. The molecule has 0 aromatic carbocycles. The lowest BCUT2D eigenvalue weighted by Crippen LogP contribution is -2.05. The summed E-state index contributed by atoms with van der Waals surface area (Å²) >= 11 is 0. The molecule has 2 rings (SSSR count). The second-order valence-corrected chi connectivity index (χ2v) is 4.14. The van der Waals surface area contributed by atoms with Crippen molar-refractivity contribution < 1.29 is 4.74 Å². The van der Waals surface area contributed by atoms with E-state index in [1.54, 1.807) is 13.2 Å². The number of nitrogens with zero attached hydrogens (tertiary/aromatic N) is 3. The Morgan fingerprint density at radius 1 is 1.21 bits per heavy atom. The molecule has 2 aromatic rings. The van der Waals surface area contributed by atoms with Crippen molar-refractivity contribution in [3.63, 3.8) is 0 Å². The van der Waals surface area contributed by atoms with E-state index in [1.165, 1.54) is 0 Å². The molecule has 0 aliphatic rings. The second kappa shape index (κ2) is 5.65. The minimum atomic E-state index is 0.561. The molecule has 0 saturated carbocycles. The van der Waals surface area contributed by atoms with Crippen molar-refractivity contribution in [3.8, 4) is 17.4 Å². The highest BCUT2D eigenvalue weighted by atomic mass is 16.5. The van der Waals surface area contributed by atoms with Crippen LogP contribution in [0.5, 0.6) is 5.88 Å². The molecule has 0 saturated heterocycles. The van der Waals surface area contributed by atoms with Gasteiger partial charge in [0.15, 0.2) is 5.82 Å². The van der Waals surface area contributed by atoms with E-state index in [9.17, 15) is 0 Å². The molecular formula is C14H18N4O. The van der Waals surface area contributed by atoms with E-state index in [-0.39, 0.29) is 0 Å². The van der Waals surface area contributed by atoms with Crippen molar-refractivity contribution >= 4 is 5.82 Å². The first-order valence-electron chi connectivity index (χ1n) is 6.26. The molecule has 19 heavy (non-hydrogen) atoms. The Hall–Kier alpha value is -2.17. The Morgan fingerprint density at radius 3 is 2.63 bits per heavy atom. The SMILES string of the molecule is CCc1nc(-c2cccc(OC)n2)nc(NC)c1C. The molecular weight excluding hydrogens is 240 g/mol. The van der Waals surface area contributed by atoms with Gasteiger partial charge < -0.3 is 10.1 Å². The third kappa shape index (κ3) is 2.65. The Labute approximate surface area is 113 Å². The number of methoxy groups -OCH3 is 1. The van der Waals surface area contributed by atoms with Gasteiger partial charge in [-0.2, -0.15) is 0 Å². The molecule has 0 bridgehead atoms. The average molecular weight is 258 g/mol. The van der Waals surface area contributed by atoms with Gasteiger partial charge in [0.25, 0.3) is 0 Å². The summed E-state index contributed by atoms with van der Waals surface area (Å²) in [6.45, 7) is 4.10. The highest BCUT2D eigenvalue weighted by Gasteiger charge is 2.11. The molecule has 0 radical (unpaired) electrons. The number of nitrogens with one attached hydrogen (secondary N) is 1. The number of anilines is 1. The lowest BCUT2D eigenvalue weighted by atomic mass is 10.2. The Bertz CT molecular complexity index is 558. The van der Waals surface area contributed by atoms with Crippen LogP contribution in [0.3, 0.4) is 0 Å². The van der Waals surface area contributed by atoms with E-state index in [2.05, 4.69) is 27.2 Å². The summed E-state index contributed by atoms with van der Waals surface area (Å²) in [5.74, 6) is 2.02. The maximum Gasteiger partial charge on any atom is 0.213 e. The first kappa shape index (κ1) is 13.3. The van der Waals surface area contributed by atoms with E-state index < -0.39 is 0 Å². The van der Waals surface area contributed by atoms with Crippen molar-refractivity contribution in [1.29, 1.82) is 0 Å². The molecule has 2 heterocycles. The third-order valence-corrected chi connectivity index (χ3v) is 2.98. The van der Waals surface area contributed by atoms with Crippen molar-refractivity contribution in [1.82, 2.24) is 15.0 Å². The van der Waals surface area contributed by atoms with E-state index in [1.807, 2.05) is 26.1 Å². The van der Waals surface area contributed by atoms with Gasteiger partial charge in [0.05, 0.1) is 7.11 Å². The number of pyridine rings is 1. The van der Waals surface area contributed by atoms with Crippen molar-refractivity contribution in [2.75, 3.05) is 19.5 Å². The van der Waals surface area contributed by atoms with Gasteiger partial charge in [0.2, 0.25) is 5.88 Å². The predicted molar refractivity (Wildman–Crippen MR) is 75.5 cm³/mol. The van der Waals surface area contributed by atoms with Crippen molar-refractivity contribution in [3.05, 3.63) is 29.5 Å². The fourth-order valence-electron chi connectivity index (χ4n) is 1.92. The fraction of sp³-hybridized carbons (Fsp3) is 0.357. The number of rotatable bonds is 4. The zero-order valence-electron chi connectivity index (χ0n) is 11.7. The average Bonchev–Trinajstić information content (AvgIpc) is 2.47. The number of hydrogen-bond acceptors (Lipinski definition) is 5. The first-order valence-corrected chi connectivity index (χ1v) is 6.26. The zero-order valence-corrected chi connectivity index (χ0v) is 11.7. The number of aromatic nitrogens is 3. The van der Waals surface area contributed by atoms with Crippen LogP contribution in [-0.4, -0.2) is 29.1 Å². The molecule has 0 amide bonds. The molecule has 0 atom stereocenters. The largest absolute Gasteiger partial charge is 0.481 e. The van der Waals surface area contributed by atoms with Crippen LogP contribution in [-0.2, 0) is 6.42 Å². The van der Waals surface area contributed by atoms with E-state index >= 15 is 0 Å². The molecule has 0 fully saturated rings. The van der Waals surface area contributed by atoms with Crippen LogP contribution in [0.15, 0.2) is 18.2 Å². The molecule has 0 spiro atoms. The Kier molecular flexibility index (Phi) is 3.94. The second-order valence-electron chi connectivity index (χ2n) is 4.14. The topological polar surface area (TPSA) is 59.9 Å². The maximum absolute atomic E-state index is 5.13. The van der Waals surface area contributed by atoms with E-state index in [4.69, 9.17) is 4.74 Å². The minimum absolute atomic E-state index is 0.561. The summed E-state index contributed by atoms with van der Waals surface area (Å²) in [6, 6.07) is 5.57. The Morgan fingerprint density at radius 2 is 2.00 bits per heavy atom. The predicted octanol–water partition coefficient (Wildman–Crippen LogP) is 2.46. The van der Waals surface area contributed by atoms with Crippen LogP contribution in [0.2, 0.25) is 0 Å². The summed E-state index contributed by atoms with van der Waals surface area (Å²) in [5, 5.41) is 3.10. The van der Waals surface area contributed by atoms with Crippen LogP contribution in [0.1, 0.15) is 18.2 Å². The molecule has 5 heteroatoms. The quantitative estimate of drug-likeness (QED) is 0.912. The first-order chi connectivity index (χ1) is 9.19. The molecule has 0 unspecified atom stereocenters. The van der Waals surface area contributed by atoms with Crippen LogP contribution >= 0.6 is 0 Å². The van der Waals surface area contributed by atoms with Gasteiger partial charge in [-0.15, -0.1) is 0 Å². The minimum Gasteiger partial charge on any atom is -0.481 e. The van der Waals surface area contributed by atoms with Gasteiger partial charge in [-0.25, -0.2) is 15.0 Å². The smallest absolute Gasteiger partial charge is 0.213 e. The van der Waals surface area contributed by atoms with E-state index in [0.717, 1.165) is 23.5 Å². The van der Waals surface area contributed by atoms with Gasteiger partial charge in [0, 0.05) is 24.4 Å². The molecule has 5 nitrogen and oxygen atoms in total. The summed E-state index contributed by atoms with van der Waals surface area (Å²) in [5.41, 5.74) is 2.82. The fourth-order valence-corrected chi connectivity index (χ4v) is 1.92. The monoisotopic (exact) mass is 258 g/mol. The molecule has 100 valence electrons. The highest BCUT2D eigenvalue weighted by molar-refractivity contribution is 5.56. The maximum atomic E-state index is 5.13. The summed E-state index contributed by atoms with van der Waals surface area (Å²) < 4.78 is 5.13. The standard InChI is InChI=1S/C14H18N4O/c1-5-10-9(2)13(15-3)18-14(17-10)11-7-6-8-12(16-11)19-4/h6-8H,5H2,1-4H3,(H,15,17,18). The lowest BCUT2D eigenvalue weighted by Gasteiger charge is -2.11. The Balaban J connectivity index is 2.55. The summed E-state index contributed by atoms with van der Waals surface area (Å²) in [6.07, 6.45) is 0.861. The van der Waals surface area contributed by atoms with Crippen molar-refractivity contribution in [2.24, 2.45) is 0 Å². The summed E-state index contributed by atoms with van der Waals surface area (Å²) in [7, 11) is 3.45. The van der Waals surface area contributed by atoms with E-state index in [0.29, 0.717) is 17.4 Å². The van der Waals surface area contributed by atoms with Gasteiger partial charge >= 0.3 is 0 Å². The number of aryl methyl sites for hydroxylation is 1. The van der Waals surface area contributed by atoms with Gasteiger partial charge in [-0.3, -0.25) is 0 Å². The van der Waals surface area contributed by atoms with Crippen LogP contribution in [0.4, 0.5) is 5.82 Å². The molecule has 0 aliphatic carbocycles. The molecule has 0 aliphatic heterocycles. The van der Waals surface area contributed by atoms with Crippen LogP contribution in [0, 0.1) is 6.92 Å². The number of hydrogen-bond donors (Lipinski definition) is 1. The van der Waals surface area contributed by atoms with Crippen LogP contribution in [0.25, 0.3) is 11.5 Å². The number of ether oxygens (including phenoxy) is 1. The highest BCUT2D eigenvalue weighted by Crippen LogP contribution is 2.22. The normalized spacial score (nSPS) is 10.3. The van der Waals surface area contributed by atoms with Crippen molar-refractivity contribution in [2.45, 2.75) is 20.3 Å².